The Balaban J connectivity index is 1.37. The number of nitrogens with one attached hydrogen (secondary N) is 1. The van der Waals surface area contributed by atoms with Crippen LogP contribution in [0.2, 0.25) is 0 Å². The fourth-order valence-electron chi connectivity index (χ4n) is 2.77. The van der Waals surface area contributed by atoms with Crippen molar-refractivity contribution in [2.75, 3.05) is 0 Å². The highest BCUT2D eigenvalue weighted by atomic mass is 32.1. The smallest absolute Gasteiger partial charge is 0.251 e. The summed E-state index contributed by atoms with van der Waals surface area (Å²) in [7, 11) is 0. The van der Waals surface area contributed by atoms with Gasteiger partial charge in [0.2, 0.25) is 0 Å². The van der Waals surface area contributed by atoms with Crippen molar-refractivity contribution in [2.24, 2.45) is 0 Å². The molecule has 1 heterocycles. The largest absolute Gasteiger partial charge is 0.489 e. The van der Waals surface area contributed by atoms with Gasteiger partial charge in [-0.15, -0.1) is 11.3 Å². The Kier molecular flexibility index (Phi) is 5.12. The van der Waals surface area contributed by atoms with Gasteiger partial charge in [-0.25, -0.2) is 4.98 Å². The van der Waals surface area contributed by atoms with Gasteiger partial charge in [0, 0.05) is 12.1 Å². The molecule has 1 aromatic heterocycles. The second-order valence-corrected chi connectivity index (χ2v) is 7.03. The number of carbonyl (C=O) groups excluding carboxylic acids is 1. The highest BCUT2D eigenvalue weighted by Crippen LogP contribution is 2.19. The SMILES string of the molecule is O=C(NCc1cccc(OCc2ccccc2)c1)c1ccc2ncsc2c1. The van der Waals surface area contributed by atoms with Crippen LogP contribution in [-0.2, 0) is 13.2 Å². The molecule has 3 aromatic carbocycles. The molecule has 134 valence electrons. The van der Waals surface area contributed by atoms with Crippen molar-refractivity contribution < 1.29 is 9.53 Å². The minimum absolute atomic E-state index is 0.0964. The third-order valence-electron chi connectivity index (χ3n) is 4.19. The summed E-state index contributed by atoms with van der Waals surface area (Å²) in [5, 5.41) is 2.96. The van der Waals surface area contributed by atoms with Gasteiger partial charge in [0.25, 0.3) is 5.91 Å². The summed E-state index contributed by atoms with van der Waals surface area (Å²) in [6.07, 6.45) is 0. The zero-order chi connectivity index (χ0) is 18.5. The monoisotopic (exact) mass is 374 g/mol. The third-order valence-corrected chi connectivity index (χ3v) is 4.99. The average Bonchev–Trinajstić information content (AvgIpc) is 3.19. The van der Waals surface area contributed by atoms with Crippen LogP contribution < -0.4 is 10.1 Å². The second kappa shape index (κ2) is 8.01. The molecule has 4 aromatic rings. The highest BCUT2D eigenvalue weighted by molar-refractivity contribution is 7.16. The standard InChI is InChI=1S/C22H18N2O2S/c25-22(18-9-10-20-21(12-18)27-15-24-20)23-13-17-7-4-8-19(11-17)26-14-16-5-2-1-3-6-16/h1-12,15H,13-14H2,(H,23,25). The molecule has 4 nitrogen and oxygen atoms in total. The van der Waals surface area contributed by atoms with Gasteiger partial charge in [-0.05, 0) is 41.5 Å². The maximum absolute atomic E-state index is 12.4. The van der Waals surface area contributed by atoms with Crippen molar-refractivity contribution in [1.29, 1.82) is 0 Å². The minimum Gasteiger partial charge on any atom is -0.489 e. The predicted octanol–water partition coefficient (Wildman–Crippen LogP) is 4.81. The van der Waals surface area contributed by atoms with Gasteiger partial charge in [-0.3, -0.25) is 4.79 Å². The van der Waals surface area contributed by atoms with Crippen LogP contribution in [0.1, 0.15) is 21.5 Å². The van der Waals surface area contributed by atoms with Crippen LogP contribution in [0.4, 0.5) is 0 Å². The first-order valence-electron chi connectivity index (χ1n) is 8.65. The molecule has 0 atom stereocenters. The Morgan fingerprint density at radius 3 is 2.70 bits per heavy atom. The van der Waals surface area contributed by atoms with Gasteiger partial charge in [0.15, 0.2) is 0 Å². The zero-order valence-electron chi connectivity index (χ0n) is 14.6. The summed E-state index contributed by atoms with van der Waals surface area (Å²) in [6.45, 7) is 0.966. The summed E-state index contributed by atoms with van der Waals surface area (Å²) < 4.78 is 6.86. The van der Waals surface area contributed by atoms with Gasteiger partial charge in [0.05, 0.1) is 15.7 Å². The molecule has 0 aliphatic rings. The van der Waals surface area contributed by atoms with Crippen LogP contribution >= 0.6 is 11.3 Å². The van der Waals surface area contributed by atoms with E-state index in [-0.39, 0.29) is 5.91 Å². The fraction of sp³-hybridized carbons (Fsp3) is 0.0909. The Labute approximate surface area is 161 Å². The molecule has 4 rings (SSSR count). The lowest BCUT2D eigenvalue weighted by molar-refractivity contribution is 0.0951. The lowest BCUT2D eigenvalue weighted by Gasteiger charge is -2.09. The molecule has 1 amide bonds. The van der Waals surface area contributed by atoms with E-state index in [1.54, 1.807) is 11.6 Å². The van der Waals surface area contributed by atoms with Crippen molar-refractivity contribution in [2.45, 2.75) is 13.2 Å². The molecular formula is C22H18N2O2S. The Morgan fingerprint density at radius 2 is 1.81 bits per heavy atom. The maximum Gasteiger partial charge on any atom is 0.251 e. The van der Waals surface area contributed by atoms with Gasteiger partial charge in [-0.1, -0.05) is 42.5 Å². The van der Waals surface area contributed by atoms with Crippen molar-refractivity contribution in [3.63, 3.8) is 0 Å². The lowest BCUT2D eigenvalue weighted by Crippen LogP contribution is -2.22. The number of carbonyl (C=O) groups is 1. The van der Waals surface area contributed by atoms with E-state index in [0.717, 1.165) is 27.1 Å². The number of nitrogens with zero attached hydrogens (tertiary/aromatic N) is 1. The molecule has 0 bridgehead atoms. The predicted molar refractivity (Wildman–Crippen MR) is 108 cm³/mol. The second-order valence-electron chi connectivity index (χ2n) is 6.14. The number of hydrogen-bond acceptors (Lipinski definition) is 4. The van der Waals surface area contributed by atoms with Gasteiger partial charge in [0.1, 0.15) is 12.4 Å². The quantitative estimate of drug-likeness (QED) is 0.527. The van der Waals surface area contributed by atoms with Crippen LogP contribution in [0.5, 0.6) is 5.75 Å². The molecule has 1 N–H and O–H groups in total. The van der Waals surface area contributed by atoms with Crippen molar-refractivity contribution in [3.8, 4) is 5.75 Å². The molecule has 0 unspecified atom stereocenters. The molecule has 0 fully saturated rings. The molecule has 0 radical (unpaired) electrons. The molecular weight excluding hydrogens is 356 g/mol. The summed E-state index contributed by atoms with van der Waals surface area (Å²) in [4.78, 5) is 16.7. The van der Waals surface area contributed by atoms with Gasteiger partial charge in [-0.2, -0.15) is 0 Å². The Bertz CT molecular complexity index is 1060. The molecule has 0 aliphatic heterocycles. The Hall–Kier alpha value is -3.18. The number of amides is 1. The lowest BCUT2D eigenvalue weighted by atomic mass is 10.1. The number of thiazole rings is 1. The molecule has 0 saturated heterocycles. The zero-order valence-corrected chi connectivity index (χ0v) is 15.4. The Morgan fingerprint density at radius 1 is 0.963 bits per heavy atom. The minimum atomic E-state index is -0.0964. The molecule has 0 saturated carbocycles. The van der Waals surface area contributed by atoms with E-state index >= 15 is 0 Å². The van der Waals surface area contributed by atoms with Crippen molar-refractivity contribution in [3.05, 3.63) is 95.0 Å². The number of rotatable bonds is 6. The van der Waals surface area contributed by atoms with E-state index in [1.807, 2.05) is 66.7 Å². The number of fused-ring (bicyclic) bond motifs is 1. The third kappa shape index (κ3) is 4.33. The van der Waals surface area contributed by atoms with E-state index in [1.165, 1.54) is 11.3 Å². The van der Waals surface area contributed by atoms with Crippen LogP contribution in [0.15, 0.2) is 78.3 Å². The van der Waals surface area contributed by atoms with E-state index in [0.29, 0.717) is 18.7 Å². The molecule has 0 aliphatic carbocycles. The van der Waals surface area contributed by atoms with E-state index in [9.17, 15) is 4.79 Å². The number of aromatic nitrogens is 1. The van der Waals surface area contributed by atoms with E-state index in [4.69, 9.17) is 4.74 Å². The summed E-state index contributed by atoms with van der Waals surface area (Å²) in [5.41, 5.74) is 5.46. The topological polar surface area (TPSA) is 51.2 Å². The summed E-state index contributed by atoms with van der Waals surface area (Å²) >= 11 is 1.53. The molecule has 27 heavy (non-hydrogen) atoms. The summed E-state index contributed by atoms with van der Waals surface area (Å²) in [6, 6.07) is 23.4. The van der Waals surface area contributed by atoms with E-state index in [2.05, 4.69) is 10.3 Å². The van der Waals surface area contributed by atoms with Crippen molar-refractivity contribution in [1.82, 2.24) is 10.3 Å². The normalized spacial score (nSPS) is 10.7. The number of ether oxygens (including phenoxy) is 1. The molecule has 5 heteroatoms. The van der Waals surface area contributed by atoms with Gasteiger partial charge < -0.3 is 10.1 Å². The van der Waals surface area contributed by atoms with Crippen LogP contribution in [0, 0.1) is 0 Å². The fourth-order valence-corrected chi connectivity index (χ4v) is 3.48. The summed E-state index contributed by atoms with van der Waals surface area (Å²) in [5.74, 6) is 0.692. The number of hydrogen-bond donors (Lipinski definition) is 1. The molecule has 0 spiro atoms. The van der Waals surface area contributed by atoms with Crippen LogP contribution in [0.25, 0.3) is 10.2 Å². The highest BCUT2D eigenvalue weighted by Gasteiger charge is 2.08. The maximum atomic E-state index is 12.4. The first-order chi connectivity index (χ1) is 13.3. The van der Waals surface area contributed by atoms with Crippen molar-refractivity contribution >= 4 is 27.5 Å². The van der Waals surface area contributed by atoms with Gasteiger partial charge >= 0.3 is 0 Å². The average molecular weight is 374 g/mol. The first kappa shape index (κ1) is 17.2. The van der Waals surface area contributed by atoms with Crippen LogP contribution in [0.3, 0.4) is 0 Å². The number of benzene rings is 3. The first-order valence-corrected chi connectivity index (χ1v) is 9.53. The van der Waals surface area contributed by atoms with Crippen LogP contribution in [-0.4, -0.2) is 10.9 Å². The van der Waals surface area contributed by atoms with E-state index < -0.39 is 0 Å².